The molecule has 0 fully saturated rings. The Kier molecular flexibility index (Phi) is 4.76. The lowest BCUT2D eigenvalue weighted by atomic mass is 10.0. The molecule has 2 aromatic carbocycles. The van der Waals surface area contributed by atoms with Crippen LogP contribution in [0.4, 0.5) is 0 Å². The SMILES string of the molecule is C=C(C(=O)c1cc2ccc(OC)cc2s1)c1ccc(OC)c(OC)c1. The largest absolute Gasteiger partial charge is 0.497 e. The maximum absolute atomic E-state index is 12.8. The number of ether oxygens (including phenoxy) is 3. The summed E-state index contributed by atoms with van der Waals surface area (Å²) in [6.45, 7) is 3.97. The number of fused-ring (bicyclic) bond motifs is 1. The van der Waals surface area contributed by atoms with Crippen molar-refractivity contribution in [3.05, 3.63) is 59.5 Å². The van der Waals surface area contributed by atoms with Gasteiger partial charge in [-0.05, 0) is 47.3 Å². The van der Waals surface area contributed by atoms with E-state index < -0.39 is 0 Å². The van der Waals surface area contributed by atoms with Crippen molar-refractivity contribution in [2.45, 2.75) is 0 Å². The van der Waals surface area contributed by atoms with Crippen molar-refractivity contribution in [2.24, 2.45) is 0 Å². The molecule has 0 saturated carbocycles. The number of Topliss-reactive ketones (excluding diaryl/α,β-unsaturated/α-hetero) is 1. The molecule has 0 spiro atoms. The monoisotopic (exact) mass is 354 g/mol. The van der Waals surface area contributed by atoms with Gasteiger partial charge >= 0.3 is 0 Å². The van der Waals surface area contributed by atoms with E-state index in [9.17, 15) is 4.79 Å². The third-order valence-corrected chi connectivity index (χ3v) is 5.05. The zero-order valence-corrected chi connectivity index (χ0v) is 15.1. The Bertz CT molecular complexity index is 955. The van der Waals surface area contributed by atoms with Crippen molar-refractivity contribution in [2.75, 3.05) is 21.3 Å². The van der Waals surface area contributed by atoms with Crippen molar-refractivity contribution in [3.8, 4) is 17.2 Å². The fourth-order valence-corrected chi connectivity index (χ4v) is 3.61. The third-order valence-electron chi connectivity index (χ3n) is 3.96. The first-order valence-electron chi connectivity index (χ1n) is 7.61. The number of methoxy groups -OCH3 is 3. The van der Waals surface area contributed by atoms with Gasteiger partial charge in [-0.3, -0.25) is 4.79 Å². The Morgan fingerprint density at radius 3 is 2.36 bits per heavy atom. The number of carbonyl (C=O) groups excluding carboxylic acids is 1. The third kappa shape index (κ3) is 3.23. The smallest absolute Gasteiger partial charge is 0.202 e. The van der Waals surface area contributed by atoms with Crippen LogP contribution < -0.4 is 14.2 Å². The second-order valence-corrected chi connectivity index (χ2v) is 6.48. The maximum atomic E-state index is 12.8. The predicted molar refractivity (Wildman–Crippen MR) is 101 cm³/mol. The molecule has 0 saturated heterocycles. The van der Waals surface area contributed by atoms with E-state index in [1.165, 1.54) is 11.3 Å². The van der Waals surface area contributed by atoms with Gasteiger partial charge in [-0.15, -0.1) is 11.3 Å². The molecule has 4 nitrogen and oxygen atoms in total. The van der Waals surface area contributed by atoms with E-state index in [2.05, 4.69) is 6.58 Å². The van der Waals surface area contributed by atoms with Gasteiger partial charge in [0, 0.05) is 10.3 Å². The summed E-state index contributed by atoms with van der Waals surface area (Å²) in [5, 5.41) is 1.01. The average molecular weight is 354 g/mol. The molecule has 1 aromatic heterocycles. The molecule has 0 aliphatic carbocycles. The lowest BCUT2D eigenvalue weighted by Gasteiger charge is -2.10. The molecule has 3 rings (SSSR count). The number of hydrogen-bond donors (Lipinski definition) is 0. The Balaban J connectivity index is 1.93. The normalized spacial score (nSPS) is 10.5. The van der Waals surface area contributed by atoms with Gasteiger partial charge in [0.05, 0.1) is 26.2 Å². The lowest BCUT2D eigenvalue weighted by Crippen LogP contribution is -2.00. The van der Waals surface area contributed by atoms with Gasteiger partial charge < -0.3 is 14.2 Å². The Labute approximate surface area is 150 Å². The molecule has 0 aliphatic heterocycles. The number of thiophene rings is 1. The van der Waals surface area contributed by atoms with Crippen LogP contribution >= 0.6 is 11.3 Å². The summed E-state index contributed by atoms with van der Waals surface area (Å²) in [4.78, 5) is 13.5. The van der Waals surface area contributed by atoms with Crippen molar-refractivity contribution >= 4 is 32.8 Å². The highest BCUT2D eigenvalue weighted by molar-refractivity contribution is 7.21. The van der Waals surface area contributed by atoms with Gasteiger partial charge in [-0.25, -0.2) is 0 Å². The van der Waals surface area contributed by atoms with Gasteiger partial charge in [0.2, 0.25) is 5.78 Å². The topological polar surface area (TPSA) is 44.8 Å². The molecule has 3 aromatic rings. The quantitative estimate of drug-likeness (QED) is 0.470. The van der Waals surface area contributed by atoms with Crippen LogP contribution in [0, 0.1) is 0 Å². The molecule has 5 heteroatoms. The highest BCUT2D eigenvalue weighted by Gasteiger charge is 2.17. The van der Waals surface area contributed by atoms with Crippen LogP contribution in [0.25, 0.3) is 15.7 Å². The molecule has 0 bridgehead atoms. The minimum atomic E-state index is -0.104. The maximum Gasteiger partial charge on any atom is 0.202 e. The van der Waals surface area contributed by atoms with Crippen molar-refractivity contribution in [3.63, 3.8) is 0 Å². The molecule has 0 unspecified atom stereocenters. The summed E-state index contributed by atoms with van der Waals surface area (Å²) in [6, 6.07) is 13.0. The molecule has 0 aliphatic rings. The standard InChI is InChI=1S/C20H18O4S/c1-12(13-6-8-16(23-3)17(9-13)24-4)20(21)19-10-14-5-7-15(22-2)11-18(14)25-19/h5-11H,1H2,2-4H3. The molecule has 0 atom stereocenters. The Morgan fingerprint density at radius 2 is 1.68 bits per heavy atom. The fourth-order valence-electron chi connectivity index (χ4n) is 2.55. The van der Waals surface area contributed by atoms with Crippen LogP contribution in [0.15, 0.2) is 49.0 Å². The first kappa shape index (κ1) is 17.0. The van der Waals surface area contributed by atoms with E-state index in [0.29, 0.717) is 27.5 Å². The lowest BCUT2D eigenvalue weighted by molar-refractivity contribution is 0.106. The zero-order chi connectivity index (χ0) is 18.0. The van der Waals surface area contributed by atoms with Gasteiger partial charge in [-0.2, -0.15) is 0 Å². The van der Waals surface area contributed by atoms with Crippen LogP contribution in [0.1, 0.15) is 15.2 Å². The first-order chi connectivity index (χ1) is 12.1. The number of rotatable bonds is 6. The second kappa shape index (κ2) is 6.99. The summed E-state index contributed by atoms with van der Waals surface area (Å²) >= 11 is 1.43. The van der Waals surface area contributed by atoms with Crippen LogP contribution in [0.2, 0.25) is 0 Å². The Hall–Kier alpha value is -2.79. The van der Waals surface area contributed by atoms with Gasteiger partial charge in [0.25, 0.3) is 0 Å². The van der Waals surface area contributed by atoms with Crippen molar-refractivity contribution < 1.29 is 19.0 Å². The van der Waals surface area contributed by atoms with Gasteiger partial charge in [0.1, 0.15) is 5.75 Å². The molecule has 0 N–H and O–H groups in total. The highest BCUT2D eigenvalue weighted by atomic mass is 32.1. The van der Waals surface area contributed by atoms with Crippen LogP contribution in [-0.2, 0) is 0 Å². The molecular formula is C20H18O4S. The summed E-state index contributed by atoms with van der Waals surface area (Å²) in [5.74, 6) is 1.84. The van der Waals surface area contributed by atoms with E-state index in [1.807, 2.05) is 24.3 Å². The van der Waals surface area contributed by atoms with Gasteiger partial charge in [-0.1, -0.05) is 12.6 Å². The van der Waals surface area contributed by atoms with Crippen LogP contribution in [0.3, 0.4) is 0 Å². The molecule has 25 heavy (non-hydrogen) atoms. The zero-order valence-electron chi connectivity index (χ0n) is 14.3. The first-order valence-corrected chi connectivity index (χ1v) is 8.42. The summed E-state index contributed by atoms with van der Waals surface area (Å²) in [6.07, 6.45) is 0. The fraction of sp³-hybridized carbons (Fsp3) is 0.150. The summed E-state index contributed by atoms with van der Waals surface area (Å²) < 4.78 is 16.8. The second-order valence-electron chi connectivity index (χ2n) is 5.39. The minimum Gasteiger partial charge on any atom is -0.497 e. The number of ketones is 1. The van der Waals surface area contributed by atoms with E-state index in [-0.39, 0.29) is 5.78 Å². The highest BCUT2D eigenvalue weighted by Crippen LogP contribution is 2.34. The summed E-state index contributed by atoms with van der Waals surface area (Å²) in [7, 11) is 4.76. The predicted octanol–water partition coefficient (Wildman–Crippen LogP) is 4.82. The van der Waals surface area contributed by atoms with E-state index in [4.69, 9.17) is 14.2 Å². The molecule has 0 radical (unpaired) electrons. The summed E-state index contributed by atoms with van der Waals surface area (Å²) in [5.41, 5.74) is 1.12. The number of allylic oxidation sites excluding steroid dienone is 1. The van der Waals surface area contributed by atoms with E-state index in [1.54, 1.807) is 39.5 Å². The minimum absolute atomic E-state index is 0.104. The number of carbonyl (C=O) groups is 1. The van der Waals surface area contributed by atoms with E-state index in [0.717, 1.165) is 15.8 Å². The molecule has 1 heterocycles. The molecule has 0 amide bonds. The number of benzene rings is 2. The Morgan fingerprint density at radius 1 is 0.920 bits per heavy atom. The van der Waals surface area contributed by atoms with Crippen molar-refractivity contribution in [1.82, 2.24) is 0 Å². The van der Waals surface area contributed by atoms with Crippen LogP contribution in [0.5, 0.6) is 17.2 Å². The van der Waals surface area contributed by atoms with Crippen LogP contribution in [-0.4, -0.2) is 27.1 Å². The molecular weight excluding hydrogens is 336 g/mol. The number of hydrogen-bond acceptors (Lipinski definition) is 5. The molecule has 128 valence electrons. The average Bonchev–Trinajstić information content (AvgIpc) is 3.09. The van der Waals surface area contributed by atoms with Crippen molar-refractivity contribution in [1.29, 1.82) is 0 Å². The van der Waals surface area contributed by atoms with Gasteiger partial charge in [0.15, 0.2) is 11.5 Å². The van der Waals surface area contributed by atoms with E-state index >= 15 is 0 Å².